The Balaban J connectivity index is 1.60. The van der Waals surface area contributed by atoms with Crippen LogP contribution in [0.15, 0.2) is 18.2 Å². The fraction of sp³-hybridized carbons (Fsp3) is 0.714. The van der Waals surface area contributed by atoms with Crippen molar-refractivity contribution in [2.45, 2.75) is 63.9 Å². The average molecular weight is 312 g/mol. The number of phenolic OH excluding ortho intramolecular Hbond substituents is 1. The summed E-state index contributed by atoms with van der Waals surface area (Å²) in [6.07, 6.45) is 8.46. The number of hydrogen-bond acceptors (Lipinski definition) is 2. The highest BCUT2D eigenvalue weighted by Gasteiger charge is 2.58. The lowest BCUT2D eigenvalue weighted by molar-refractivity contribution is -0.0414. The summed E-state index contributed by atoms with van der Waals surface area (Å²) in [5.74, 6) is 4.23. The largest absolute Gasteiger partial charge is 0.508 e. The van der Waals surface area contributed by atoms with Gasteiger partial charge in [-0.05, 0) is 103 Å². The average Bonchev–Trinajstić information content (AvgIpc) is 3.32. The first-order chi connectivity index (χ1) is 11.1. The van der Waals surface area contributed by atoms with Crippen LogP contribution in [0.1, 0.15) is 62.5 Å². The summed E-state index contributed by atoms with van der Waals surface area (Å²) < 4.78 is 0. The molecule has 23 heavy (non-hydrogen) atoms. The molecule has 1 aromatic carbocycles. The van der Waals surface area contributed by atoms with Crippen LogP contribution in [-0.2, 0) is 6.42 Å². The number of aromatic hydroxyl groups is 1. The van der Waals surface area contributed by atoms with Gasteiger partial charge in [-0.25, -0.2) is 0 Å². The maximum Gasteiger partial charge on any atom is 0.115 e. The van der Waals surface area contributed by atoms with Gasteiger partial charge < -0.3 is 10.2 Å². The second-order valence-corrected chi connectivity index (χ2v) is 9.02. The standard InChI is InChI=1S/C21H28O2/c1-21-9-8-16-15-5-4-14(22)10-13(15)11-17(12-2-3-12)20(16)18(21)6-7-19(21)23/h4-5,10,12,16-20,22-23H,2-3,6-9,11H2,1H3/t16-,17+,18+,19+,20+,21+/m1/s1. The molecular formula is C21H28O2. The molecule has 4 aliphatic carbocycles. The molecule has 5 rings (SSSR count). The van der Waals surface area contributed by atoms with Crippen molar-refractivity contribution >= 4 is 0 Å². The van der Waals surface area contributed by atoms with Crippen LogP contribution in [0.4, 0.5) is 0 Å². The summed E-state index contributed by atoms with van der Waals surface area (Å²) in [6, 6.07) is 6.10. The van der Waals surface area contributed by atoms with Crippen molar-refractivity contribution < 1.29 is 10.2 Å². The van der Waals surface area contributed by atoms with Crippen LogP contribution in [0.3, 0.4) is 0 Å². The third-order valence-corrected chi connectivity index (χ3v) is 7.99. The molecule has 124 valence electrons. The van der Waals surface area contributed by atoms with Crippen LogP contribution < -0.4 is 0 Å². The maximum atomic E-state index is 10.6. The van der Waals surface area contributed by atoms with Crippen LogP contribution in [0, 0.1) is 29.1 Å². The third kappa shape index (κ3) is 1.97. The molecule has 0 amide bonds. The quantitative estimate of drug-likeness (QED) is 0.814. The van der Waals surface area contributed by atoms with Crippen LogP contribution in [-0.4, -0.2) is 16.3 Å². The molecule has 0 bridgehead atoms. The molecule has 0 radical (unpaired) electrons. The molecule has 3 saturated carbocycles. The zero-order valence-electron chi connectivity index (χ0n) is 14.0. The van der Waals surface area contributed by atoms with E-state index in [1.54, 1.807) is 0 Å². The van der Waals surface area contributed by atoms with Crippen LogP contribution in [0.2, 0.25) is 0 Å². The van der Waals surface area contributed by atoms with Crippen molar-refractivity contribution in [1.29, 1.82) is 0 Å². The van der Waals surface area contributed by atoms with Crippen molar-refractivity contribution in [3.63, 3.8) is 0 Å². The number of benzene rings is 1. The predicted octanol–water partition coefficient (Wildman–Crippen LogP) is 4.25. The van der Waals surface area contributed by atoms with E-state index < -0.39 is 0 Å². The molecule has 2 nitrogen and oxygen atoms in total. The molecule has 0 unspecified atom stereocenters. The first-order valence-corrected chi connectivity index (χ1v) is 9.58. The molecular weight excluding hydrogens is 284 g/mol. The highest BCUT2D eigenvalue weighted by atomic mass is 16.3. The zero-order valence-corrected chi connectivity index (χ0v) is 14.0. The van der Waals surface area contributed by atoms with E-state index in [2.05, 4.69) is 13.0 Å². The summed E-state index contributed by atoms with van der Waals surface area (Å²) in [6.45, 7) is 2.36. The molecule has 2 N–H and O–H groups in total. The molecule has 0 spiro atoms. The van der Waals surface area contributed by atoms with Crippen LogP contribution in [0.25, 0.3) is 0 Å². The fourth-order valence-corrected chi connectivity index (χ4v) is 6.65. The molecule has 1 aromatic rings. The Morgan fingerprint density at radius 2 is 1.91 bits per heavy atom. The number of aliphatic hydroxyl groups is 1. The van der Waals surface area contributed by atoms with Crippen LogP contribution in [0.5, 0.6) is 5.75 Å². The monoisotopic (exact) mass is 312 g/mol. The molecule has 2 heteroatoms. The van der Waals surface area contributed by atoms with Gasteiger partial charge in [-0.15, -0.1) is 0 Å². The molecule has 4 aliphatic rings. The van der Waals surface area contributed by atoms with Crippen molar-refractivity contribution in [3.8, 4) is 5.75 Å². The lowest BCUT2D eigenvalue weighted by Gasteiger charge is -2.53. The van der Waals surface area contributed by atoms with Crippen molar-refractivity contribution in [1.82, 2.24) is 0 Å². The van der Waals surface area contributed by atoms with Gasteiger partial charge in [-0.2, -0.15) is 0 Å². The lowest BCUT2D eigenvalue weighted by Crippen LogP contribution is -2.47. The molecule has 6 atom stereocenters. The Morgan fingerprint density at radius 1 is 1.09 bits per heavy atom. The Hall–Kier alpha value is -1.02. The van der Waals surface area contributed by atoms with E-state index >= 15 is 0 Å². The third-order valence-electron chi connectivity index (χ3n) is 7.99. The SMILES string of the molecule is C[C@]12CC[C@@H]3c4ccc(O)cc4C[C@@H](C4CC4)[C@H]3[C@@H]1CC[C@@H]2O. The first-order valence-electron chi connectivity index (χ1n) is 9.58. The smallest absolute Gasteiger partial charge is 0.115 e. The lowest BCUT2D eigenvalue weighted by atomic mass is 9.52. The van der Waals surface area contributed by atoms with Gasteiger partial charge in [0.1, 0.15) is 5.75 Å². The van der Waals surface area contributed by atoms with Gasteiger partial charge in [0, 0.05) is 0 Å². The van der Waals surface area contributed by atoms with E-state index in [-0.39, 0.29) is 11.5 Å². The molecule has 0 heterocycles. The van der Waals surface area contributed by atoms with Gasteiger partial charge in [0.05, 0.1) is 6.10 Å². The van der Waals surface area contributed by atoms with Gasteiger partial charge >= 0.3 is 0 Å². The number of fused-ring (bicyclic) bond motifs is 5. The minimum Gasteiger partial charge on any atom is -0.508 e. The van der Waals surface area contributed by atoms with E-state index in [0.29, 0.717) is 17.6 Å². The zero-order chi connectivity index (χ0) is 15.8. The molecule has 0 aliphatic heterocycles. The Kier molecular flexibility index (Phi) is 2.96. The van der Waals surface area contributed by atoms with Gasteiger partial charge in [0.2, 0.25) is 0 Å². The Bertz CT molecular complexity index is 635. The second kappa shape index (κ2) is 4.75. The number of phenols is 1. The predicted molar refractivity (Wildman–Crippen MR) is 90.3 cm³/mol. The van der Waals surface area contributed by atoms with Crippen molar-refractivity contribution in [2.24, 2.45) is 29.1 Å². The van der Waals surface area contributed by atoms with E-state index in [4.69, 9.17) is 0 Å². The Labute approximate surface area is 138 Å². The minimum atomic E-state index is -0.0884. The summed E-state index contributed by atoms with van der Waals surface area (Å²) in [5, 5.41) is 20.5. The number of aliphatic hydroxyl groups excluding tert-OH is 1. The van der Waals surface area contributed by atoms with Gasteiger partial charge in [0.15, 0.2) is 0 Å². The maximum absolute atomic E-state index is 10.6. The van der Waals surface area contributed by atoms with E-state index in [0.717, 1.165) is 37.0 Å². The summed E-state index contributed by atoms with van der Waals surface area (Å²) in [5.41, 5.74) is 3.07. The summed E-state index contributed by atoms with van der Waals surface area (Å²) in [4.78, 5) is 0. The normalized spacial score (nSPS) is 45.2. The second-order valence-electron chi connectivity index (χ2n) is 9.02. The molecule has 0 saturated heterocycles. The first kappa shape index (κ1) is 14.3. The highest BCUT2D eigenvalue weighted by molar-refractivity contribution is 5.41. The van der Waals surface area contributed by atoms with Crippen LogP contribution >= 0.6 is 0 Å². The van der Waals surface area contributed by atoms with Gasteiger partial charge in [-0.3, -0.25) is 0 Å². The van der Waals surface area contributed by atoms with Crippen molar-refractivity contribution in [3.05, 3.63) is 29.3 Å². The summed E-state index contributed by atoms with van der Waals surface area (Å²) in [7, 11) is 0. The number of hydrogen-bond donors (Lipinski definition) is 2. The summed E-state index contributed by atoms with van der Waals surface area (Å²) >= 11 is 0. The highest BCUT2D eigenvalue weighted by Crippen LogP contribution is 2.64. The van der Waals surface area contributed by atoms with E-state index in [1.807, 2.05) is 12.1 Å². The van der Waals surface area contributed by atoms with Gasteiger partial charge in [0.25, 0.3) is 0 Å². The number of rotatable bonds is 1. The van der Waals surface area contributed by atoms with Gasteiger partial charge in [-0.1, -0.05) is 13.0 Å². The minimum absolute atomic E-state index is 0.0884. The topological polar surface area (TPSA) is 40.5 Å². The van der Waals surface area contributed by atoms with E-state index in [1.165, 1.54) is 36.8 Å². The molecule has 3 fully saturated rings. The fourth-order valence-electron chi connectivity index (χ4n) is 6.65. The van der Waals surface area contributed by atoms with E-state index in [9.17, 15) is 10.2 Å². The van der Waals surface area contributed by atoms with Crippen molar-refractivity contribution in [2.75, 3.05) is 0 Å². The Morgan fingerprint density at radius 3 is 2.70 bits per heavy atom. The molecule has 0 aromatic heterocycles.